The second kappa shape index (κ2) is 7.00. The first-order chi connectivity index (χ1) is 12.8. The van der Waals surface area contributed by atoms with Crippen LogP contribution in [0.5, 0.6) is 0 Å². The average molecular weight is 368 g/mol. The Balaban J connectivity index is 1.34. The average Bonchev–Trinajstić information content (AvgIpc) is 3.42. The molecule has 0 N–H and O–H groups in total. The Morgan fingerprint density at radius 3 is 2.85 bits per heavy atom. The van der Waals surface area contributed by atoms with Crippen molar-refractivity contribution in [1.29, 1.82) is 0 Å². The van der Waals surface area contributed by atoms with Crippen molar-refractivity contribution in [3.05, 3.63) is 46.5 Å². The SMILES string of the molecule is c1csc(CN2CCC[C@@H](c3nc4ccc(N5CCCC5)cn4n3)C2)c1. The number of pyridine rings is 1. The number of piperidine rings is 1. The molecule has 0 saturated carbocycles. The van der Waals surface area contributed by atoms with Crippen molar-refractivity contribution in [3.8, 4) is 0 Å². The lowest BCUT2D eigenvalue weighted by Crippen LogP contribution is -2.34. The number of hydrogen-bond donors (Lipinski definition) is 0. The van der Waals surface area contributed by atoms with Gasteiger partial charge in [0.1, 0.15) is 0 Å². The summed E-state index contributed by atoms with van der Waals surface area (Å²) >= 11 is 1.85. The van der Waals surface area contributed by atoms with Gasteiger partial charge in [-0.15, -0.1) is 11.3 Å². The molecule has 0 amide bonds. The molecule has 0 bridgehead atoms. The van der Waals surface area contributed by atoms with Crippen LogP contribution >= 0.6 is 11.3 Å². The zero-order valence-corrected chi connectivity index (χ0v) is 15.9. The molecule has 1 atom stereocenters. The van der Waals surface area contributed by atoms with E-state index in [9.17, 15) is 0 Å². The summed E-state index contributed by atoms with van der Waals surface area (Å²) in [5.74, 6) is 1.46. The first-order valence-corrected chi connectivity index (χ1v) is 10.6. The molecule has 2 aliphatic heterocycles. The lowest BCUT2D eigenvalue weighted by atomic mass is 9.97. The van der Waals surface area contributed by atoms with Gasteiger partial charge in [0.15, 0.2) is 11.5 Å². The molecule has 0 spiro atoms. The molecular weight excluding hydrogens is 342 g/mol. The van der Waals surface area contributed by atoms with E-state index >= 15 is 0 Å². The summed E-state index contributed by atoms with van der Waals surface area (Å²) in [4.78, 5) is 11.3. The molecule has 3 aromatic heterocycles. The van der Waals surface area contributed by atoms with Crippen LogP contribution in [0, 0.1) is 0 Å². The van der Waals surface area contributed by atoms with E-state index in [-0.39, 0.29) is 0 Å². The zero-order valence-electron chi connectivity index (χ0n) is 15.0. The topological polar surface area (TPSA) is 36.7 Å². The number of hydrogen-bond acceptors (Lipinski definition) is 5. The summed E-state index contributed by atoms with van der Waals surface area (Å²) in [7, 11) is 0. The van der Waals surface area contributed by atoms with Gasteiger partial charge in [-0.25, -0.2) is 9.50 Å². The fourth-order valence-electron chi connectivity index (χ4n) is 4.26. The predicted octanol–water partition coefficient (Wildman–Crippen LogP) is 3.77. The van der Waals surface area contributed by atoms with E-state index in [1.54, 1.807) is 0 Å². The number of likely N-dealkylation sites (tertiary alicyclic amines) is 1. The van der Waals surface area contributed by atoms with Crippen molar-refractivity contribution in [2.45, 2.75) is 38.1 Å². The normalized spacial score (nSPS) is 21.7. The first kappa shape index (κ1) is 16.3. The maximum absolute atomic E-state index is 4.85. The van der Waals surface area contributed by atoms with Gasteiger partial charge in [-0.1, -0.05) is 6.07 Å². The quantitative estimate of drug-likeness (QED) is 0.703. The Morgan fingerprint density at radius 2 is 2.00 bits per heavy atom. The van der Waals surface area contributed by atoms with Gasteiger partial charge in [0.2, 0.25) is 0 Å². The molecule has 0 aromatic carbocycles. The van der Waals surface area contributed by atoms with E-state index < -0.39 is 0 Å². The second-order valence-corrected chi connectivity index (χ2v) is 8.54. The van der Waals surface area contributed by atoms with Gasteiger partial charge >= 0.3 is 0 Å². The van der Waals surface area contributed by atoms with Crippen LogP contribution in [0.1, 0.15) is 42.3 Å². The molecule has 5 heterocycles. The van der Waals surface area contributed by atoms with Crippen molar-refractivity contribution in [2.24, 2.45) is 0 Å². The van der Waals surface area contributed by atoms with Crippen LogP contribution in [0.3, 0.4) is 0 Å². The largest absolute Gasteiger partial charge is 0.370 e. The number of nitrogens with zero attached hydrogens (tertiary/aromatic N) is 5. The van der Waals surface area contributed by atoms with Gasteiger partial charge in [-0.2, -0.15) is 5.10 Å². The molecule has 26 heavy (non-hydrogen) atoms. The highest BCUT2D eigenvalue weighted by atomic mass is 32.1. The fourth-order valence-corrected chi connectivity index (χ4v) is 5.00. The van der Waals surface area contributed by atoms with E-state index in [2.05, 4.69) is 45.6 Å². The summed E-state index contributed by atoms with van der Waals surface area (Å²) in [5.41, 5.74) is 2.24. The van der Waals surface area contributed by atoms with Gasteiger partial charge in [0.25, 0.3) is 0 Å². The van der Waals surface area contributed by atoms with Gasteiger partial charge < -0.3 is 4.90 Å². The molecule has 136 valence electrons. The highest BCUT2D eigenvalue weighted by Gasteiger charge is 2.25. The molecule has 3 aromatic rings. The van der Waals surface area contributed by atoms with Crippen molar-refractivity contribution < 1.29 is 0 Å². The summed E-state index contributed by atoms with van der Waals surface area (Å²) in [5, 5.41) is 7.02. The molecule has 5 rings (SSSR count). The van der Waals surface area contributed by atoms with Crippen LogP contribution in [-0.2, 0) is 6.54 Å². The van der Waals surface area contributed by atoms with Crippen LogP contribution < -0.4 is 4.90 Å². The fraction of sp³-hybridized carbons (Fsp3) is 0.500. The maximum atomic E-state index is 4.85. The van der Waals surface area contributed by atoms with E-state index in [0.717, 1.165) is 37.7 Å². The summed E-state index contributed by atoms with van der Waals surface area (Å²) < 4.78 is 1.99. The van der Waals surface area contributed by atoms with E-state index in [4.69, 9.17) is 10.1 Å². The van der Waals surface area contributed by atoms with E-state index in [1.165, 1.54) is 42.8 Å². The molecule has 0 radical (unpaired) electrons. The summed E-state index contributed by atoms with van der Waals surface area (Å²) in [6, 6.07) is 8.69. The number of anilines is 1. The Bertz CT molecular complexity index is 866. The van der Waals surface area contributed by atoms with Crippen molar-refractivity contribution in [3.63, 3.8) is 0 Å². The Labute approximate surface area is 158 Å². The molecule has 2 aliphatic rings. The van der Waals surface area contributed by atoms with Gasteiger partial charge in [-0.3, -0.25) is 4.90 Å². The smallest absolute Gasteiger partial charge is 0.156 e. The monoisotopic (exact) mass is 367 g/mol. The van der Waals surface area contributed by atoms with Gasteiger partial charge in [0, 0.05) is 37.0 Å². The molecule has 0 aliphatic carbocycles. The number of fused-ring (bicyclic) bond motifs is 1. The minimum atomic E-state index is 0.443. The van der Waals surface area contributed by atoms with E-state index in [0.29, 0.717) is 5.92 Å². The Morgan fingerprint density at radius 1 is 1.08 bits per heavy atom. The van der Waals surface area contributed by atoms with Crippen LogP contribution in [0.2, 0.25) is 0 Å². The van der Waals surface area contributed by atoms with Crippen molar-refractivity contribution in [2.75, 3.05) is 31.1 Å². The second-order valence-electron chi connectivity index (χ2n) is 7.51. The van der Waals surface area contributed by atoms with Crippen LogP contribution in [0.25, 0.3) is 5.65 Å². The van der Waals surface area contributed by atoms with Crippen molar-refractivity contribution in [1.82, 2.24) is 19.5 Å². The third-order valence-electron chi connectivity index (χ3n) is 5.63. The van der Waals surface area contributed by atoms with Gasteiger partial charge in [0.05, 0.1) is 11.9 Å². The summed E-state index contributed by atoms with van der Waals surface area (Å²) in [6.07, 6.45) is 7.16. The molecule has 2 saturated heterocycles. The molecule has 5 nitrogen and oxygen atoms in total. The lowest BCUT2D eigenvalue weighted by Gasteiger charge is -2.30. The van der Waals surface area contributed by atoms with Crippen molar-refractivity contribution >= 4 is 22.7 Å². The predicted molar refractivity (Wildman–Crippen MR) is 106 cm³/mol. The zero-order chi connectivity index (χ0) is 17.3. The molecular formula is C20H25N5S. The number of aromatic nitrogens is 3. The lowest BCUT2D eigenvalue weighted by molar-refractivity contribution is 0.198. The van der Waals surface area contributed by atoms with Crippen LogP contribution in [-0.4, -0.2) is 45.7 Å². The number of rotatable bonds is 4. The van der Waals surface area contributed by atoms with Crippen LogP contribution in [0.4, 0.5) is 5.69 Å². The molecule has 2 fully saturated rings. The minimum absolute atomic E-state index is 0.443. The third-order valence-corrected chi connectivity index (χ3v) is 6.49. The Hall–Kier alpha value is -1.92. The maximum Gasteiger partial charge on any atom is 0.156 e. The van der Waals surface area contributed by atoms with Crippen LogP contribution in [0.15, 0.2) is 35.8 Å². The molecule has 0 unspecified atom stereocenters. The highest BCUT2D eigenvalue weighted by molar-refractivity contribution is 7.09. The summed E-state index contributed by atoms with van der Waals surface area (Å²) in [6.45, 7) is 5.62. The highest BCUT2D eigenvalue weighted by Crippen LogP contribution is 2.27. The minimum Gasteiger partial charge on any atom is -0.370 e. The van der Waals surface area contributed by atoms with E-state index in [1.807, 2.05) is 15.9 Å². The molecule has 6 heteroatoms. The Kier molecular flexibility index (Phi) is 4.38. The number of thiophene rings is 1. The standard InChI is InChI=1S/C20H25N5S/c1-2-11-24(10-1)17-7-8-19-21-20(22-25(19)14-17)16-5-3-9-23(13-16)15-18-6-4-12-26-18/h4,6-8,12,14,16H,1-3,5,9-11,13,15H2/t16-/m1/s1. The third kappa shape index (κ3) is 3.23. The van der Waals surface area contributed by atoms with Gasteiger partial charge in [-0.05, 0) is 55.8 Å². The first-order valence-electron chi connectivity index (χ1n) is 9.71.